The molecule has 13 heteroatoms. The number of carbonyl (C=O) groups excluding carboxylic acids is 2. The average molecular weight is 684 g/mol. The molecule has 49 heavy (non-hydrogen) atoms. The van der Waals surface area contributed by atoms with Crippen LogP contribution in [0, 0.1) is 29.3 Å². The van der Waals surface area contributed by atoms with Crippen molar-refractivity contribution in [1.82, 2.24) is 20.2 Å². The van der Waals surface area contributed by atoms with Gasteiger partial charge in [-0.15, -0.1) is 0 Å². The maximum Gasteiger partial charge on any atom is 0.410 e. The van der Waals surface area contributed by atoms with Crippen molar-refractivity contribution in [2.75, 3.05) is 31.1 Å². The van der Waals surface area contributed by atoms with Crippen LogP contribution in [0.5, 0.6) is 5.75 Å². The first-order chi connectivity index (χ1) is 23.3. The molecule has 2 aromatic carbocycles. The van der Waals surface area contributed by atoms with Crippen LogP contribution in [-0.2, 0) is 22.5 Å². The topological polar surface area (TPSA) is 106 Å². The lowest BCUT2D eigenvalue weighted by molar-refractivity contribution is 0.0496. The van der Waals surface area contributed by atoms with E-state index in [2.05, 4.69) is 15.3 Å². The van der Waals surface area contributed by atoms with Crippen molar-refractivity contribution in [2.24, 2.45) is 11.8 Å². The van der Waals surface area contributed by atoms with Gasteiger partial charge in [-0.2, -0.15) is 0 Å². The molecule has 0 saturated carbocycles. The van der Waals surface area contributed by atoms with Crippen molar-refractivity contribution < 1.29 is 37.0 Å². The van der Waals surface area contributed by atoms with E-state index in [-0.39, 0.29) is 48.7 Å². The van der Waals surface area contributed by atoms with Crippen molar-refractivity contribution in [3.63, 3.8) is 0 Å². The van der Waals surface area contributed by atoms with Crippen LogP contribution in [0.2, 0.25) is 0 Å². The highest BCUT2D eigenvalue weighted by Crippen LogP contribution is 2.29. The normalized spacial score (nSPS) is 19.0. The third-order valence-corrected chi connectivity index (χ3v) is 8.90. The molecule has 0 radical (unpaired) electrons. The third kappa shape index (κ3) is 9.99. The van der Waals surface area contributed by atoms with Crippen molar-refractivity contribution in [3.05, 3.63) is 83.4 Å². The molecule has 0 aliphatic carbocycles. The lowest BCUT2D eigenvalue weighted by atomic mass is 9.92. The van der Waals surface area contributed by atoms with Gasteiger partial charge in [-0.05, 0) is 82.4 Å². The van der Waals surface area contributed by atoms with E-state index < -0.39 is 29.1 Å². The predicted molar refractivity (Wildman–Crippen MR) is 177 cm³/mol. The molecule has 3 atom stereocenters. The van der Waals surface area contributed by atoms with Gasteiger partial charge in [-0.3, -0.25) is 0 Å². The summed E-state index contributed by atoms with van der Waals surface area (Å²) >= 11 is 0. The summed E-state index contributed by atoms with van der Waals surface area (Å²) in [6, 6.07) is 10.6. The number of carbonyl (C=O) groups is 2. The second-order valence-corrected chi connectivity index (χ2v) is 13.7. The number of benzene rings is 2. The summed E-state index contributed by atoms with van der Waals surface area (Å²) in [5.74, 6) is -2.17. The third-order valence-electron chi connectivity index (χ3n) is 8.90. The molecule has 2 amide bonds. The van der Waals surface area contributed by atoms with Crippen LogP contribution in [0.1, 0.15) is 58.1 Å². The Balaban J connectivity index is 1.14. The number of halogens is 3. The zero-order chi connectivity index (χ0) is 35.1. The maximum absolute atomic E-state index is 14.4. The largest absolute Gasteiger partial charge is 0.487 e. The summed E-state index contributed by atoms with van der Waals surface area (Å²) in [6.07, 6.45) is 4.26. The van der Waals surface area contributed by atoms with E-state index >= 15 is 0 Å². The van der Waals surface area contributed by atoms with Crippen molar-refractivity contribution >= 4 is 18.1 Å². The maximum atomic E-state index is 14.4. The van der Waals surface area contributed by atoms with Crippen molar-refractivity contribution in [1.29, 1.82) is 0 Å². The van der Waals surface area contributed by atoms with Gasteiger partial charge in [0.2, 0.25) is 5.95 Å². The summed E-state index contributed by atoms with van der Waals surface area (Å²) < 4.78 is 58.8. The molecule has 264 valence electrons. The number of likely N-dealkylation sites (tertiary alicyclic amines) is 1. The van der Waals surface area contributed by atoms with Crippen LogP contribution in [0.15, 0.2) is 54.9 Å². The van der Waals surface area contributed by atoms with Gasteiger partial charge in [0.25, 0.3) is 0 Å². The number of amides is 2. The van der Waals surface area contributed by atoms with Crippen LogP contribution < -0.4 is 15.0 Å². The van der Waals surface area contributed by atoms with E-state index in [4.69, 9.17) is 14.2 Å². The van der Waals surface area contributed by atoms with Crippen LogP contribution >= 0.6 is 0 Å². The summed E-state index contributed by atoms with van der Waals surface area (Å²) in [5, 5.41) is 2.91. The van der Waals surface area contributed by atoms with E-state index in [1.165, 1.54) is 0 Å². The SMILES string of the molecule is CC(Oc1cnc(N2CC(CCc3cc(F)c(F)cc3F)C(NC(=O)OC(C)(C)C)C2)nc1)C1CCN(C(=O)OCc2ccccc2)CC1. The van der Waals surface area contributed by atoms with E-state index in [1.807, 2.05) is 42.2 Å². The molecule has 3 unspecified atom stereocenters. The Morgan fingerprint density at radius 1 is 0.980 bits per heavy atom. The molecule has 5 rings (SSSR count). The van der Waals surface area contributed by atoms with E-state index in [0.717, 1.165) is 24.5 Å². The first kappa shape index (κ1) is 35.7. The fourth-order valence-electron chi connectivity index (χ4n) is 6.25. The molecule has 3 heterocycles. The van der Waals surface area contributed by atoms with Gasteiger partial charge in [0.1, 0.15) is 18.0 Å². The molecule has 3 aromatic rings. The molecular formula is C36H44F3N5O5. The lowest BCUT2D eigenvalue weighted by Gasteiger charge is -2.34. The van der Waals surface area contributed by atoms with Crippen LogP contribution in [0.4, 0.5) is 28.7 Å². The lowest BCUT2D eigenvalue weighted by Crippen LogP contribution is -2.43. The van der Waals surface area contributed by atoms with Crippen molar-refractivity contribution in [2.45, 2.75) is 77.7 Å². The van der Waals surface area contributed by atoms with Crippen molar-refractivity contribution in [3.8, 4) is 5.75 Å². The Labute approximate surface area is 285 Å². The Morgan fingerprint density at radius 3 is 2.33 bits per heavy atom. The van der Waals surface area contributed by atoms with Gasteiger partial charge in [0.05, 0.1) is 24.5 Å². The number of alkyl carbamates (subject to hydrolysis) is 1. The van der Waals surface area contributed by atoms with E-state index in [1.54, 1.807) is 38.1 Å². The van der Waals surface area contributed by atoms with Gasteiger partial charge < -0.3 is 29.3 Å². The Hall–Kier alpha value is -4.55. The first-order valence-corrected chi connectivity index (χ1v) is 16.7. The smallest absolute Gasteiger partial charge is 0.410 e. The molecule has 2 fully saturated rings. The first-order valence-electron chi connectivity index (χ1n) is 16.7. The number of hydrogen-bond acceptors (Lipinski definition) is 8. The number of hydrogen-bond donors (Lipinski definition) is 1. The van der Waals surface area contributed by atoms with E-state index in [0.29, 0.717) is 50.4 Å². The van der Waals surface area contributed by atoms with Crippen LogP contribution in [-0.4, -0.2) is 71.0 Å². The second kappa shape index (κ2) is 15.8. The molecule has 1 N–H and O–H groups in total. The molecule has 0 bridgehead atoms. The number of aryl methyl sites for hydroxylation is 1. The van der Waals surface area contributed by atoms with E-state index in [9.17, 15) is 22.8 Å². The average Bonchev–Trinajstić information content (AvgIpc) is 3.46. The fraction of sp³-hybridized carbons (Fsp3) is 0.500. The van der Waals surface area contributed by atoms with Gasteiger partial charge in [-0.25, -0.2) is 32.7 Å². The fourth-order valence-corrected chi connectivity index (χ4v) is 6.25. The van der Waals surface area contributed by atoms with Gasteiger partial charge in [0.15, 0.2) is 17.4 Å². The Kier molecular flexibility index (Phi) is 11.5. The Morgan fingerprint density at radius 2 is 1.65 bits per heavy atom. The number of rotatable bonds is 10. The monoisotopic (exact) mass is 683 g/mol. The summed E-state index contributed by atoms with van der Waals surface area (Å²) in [5.41, 5.74) is 0.307. The van der Waals surface area contributed by atoms with Crippen LogP contribution in [0.25, 0.3) is 0 Å². The van der Waals surface area contributed by atoms with Gasteiger partial charge in [0, 0.05) is 32.2 Å². The number of ether oxygens (including phenoxy) is 3. The zero-order valence-electron chi connectivity index (χ0n) is 28.3. The minimum absolute atomic E-state index is 0.0638. The standard InChI is InChI=1S/C36H44F3N5O5/c1-23(25-12-14-43(15-13-25)35(46)47-22-24-8-6-5-7-9-24)48-28-18-40-33(41-19-28)44-20-27(32(21-44)42-34(45)49-36(2,3)4)11-10-26-16-30(38)31(39)17-29(26)37/h5-9,16-19,23,25,27,32H,10-15,20-22H2,1-4H3,(H,42,45). The highest BCUT2D eigenvalue weighted by Gasteiger charge is 2.36. The Bertz CT molecular complexity index is 1570. The molecule has 2 aliphatic heterocycles. The molecule has 10 nitrogen and oxygen atoms in total. The van der Waals surface area contributed by atoms with Gasteiger partial charge >= 0.3 is 12.2 Å². The van der Waals surface area contributed by atoms with Crippen LogP contribution in [0.3, 0.4) is 0 Å². The minimum atomic E-state index is -1.24. The summed E-state index contributed by atoms with van der Waals surface area (Å²) in [4.78, 5) is 37.9. The summed E-state index contributed by atoms with van der Waals surface area (Å²) in [7, 11) is 0. The zero-order valence-corrected chi connectivity index (χ0v) is 28.3. The molecular weight excluding hydrogens is 639 g/mol. The molecule has 1 aromatic heterocycles. The molecule has 2 saturated heterocycles. The number of aromatic nitrogens is 2. The number of piperidine rings is 1. The second-order valence-electron chi connectivity index (χ2n) is 13.7. The quantitative estimate of drug-likeness (QED) is 0.236. The molecule has 0 spiro atoms. The number of nitrogens with one attached hydrogen (secondary N) is 1. The number of nitrogens with zero attached hydrogens (tertiary/aromatic N) is 4. The highest BCUT2D eigenvalue weighted by atomic mass is 19.2. The summed E-state index contributed by atoms with van der Waals surface area (Å²) in [6.45, 7) is 9.51. The number of anilines is 1. The highest BCUT2D eigenvalue weighted by molar-refractivity contribution is 5.68. The predicted octanol–water partition coefficient (Wildman–Crippen LogP) is 6.67. The van der Waals surface area contributed by atoms with Gasteiger partial charge in [-0.1, -0.05) is 30.3 Å². The molecule has 2 aliphatic rings. The minimum Gasteiger partial charge on any atom is -0.487 e.